The molecule has 0 saturated carbocycles. The fourth-order valence-electron chi connectivity index (χ4n) is 1.64. The number of hydrogen-bond donors (Lipinski definition) is 1. The van der Waals surface area contributed by atoms with Crippen molar-refractivity contribution in [2.24, 2.45) is 0 Å². The maximum atomic E-state index is 12.4. The van der Waals surface area contributed by atoms with Gasteiger partial charge in [-0.2, -0.15) is 13.2 Å². The van der Waals surface area contributed by atoms with Crippen molar-refractivity contribution in [1.29, 1.82) is 0 Å². The Bertz CT molecular complexity index is 513. The molecule has 0 aliphatic carbocycles. The molecule has 1 rings (SSSR count). The monoisotopic (exact) mass is 325 g/mol. The molecule has 0 saturated heterocycles. The molecule has 9 heteroatoms. The fraction of sp³-hybridized carbons (Fsp3) is 0.417. The van der Waals surface area contributed by atoms with Gasteiger partial charge in [0.2, 0.25) is 0 Å². The van der Waals surface area contributed by atoms with Crippen LogP contribution in [-0.2, 0) is 24.8 Å². The van der Waals surface area contributed by atoms with Gasteiger partial charge >= 0.3 is 19.7 Å². The maximum Gasteiger partial charge on any atom is 0.471 e. The average Bonchev–Trinajstić information content (AvgIpc) is 2.45. The van der Waals surface area contributed by atoms with E-state index in [1.807, 2.05) is 0 Å². The van der Waals surface area contributed by atoms with E-state index in [1.165, 1.54) is 0 Å². The van der Waals surface area contributed by atoms with E-state index in [4.69, 9.17) is 0 Å². The minimum atomic E-state index is -5.08. The number of alkyl halides is 3. The zero-order valence-corrected chi connectivity index (χ0v) is 12.3. The predicted octanol–water partition coefficient (Wildman–Crippen LogP) is 2.72. The lowest BCUT2D eigenvalue weighted by Gasteiger charge is -2.25. The van der Waals surface area contributed by atoms with Gasteiger partial charge in [0.05, 0.1) is 0 Å². The molecule has 0 aromatic heterocycles. The average molecular weight is 325 g/mol. The van der Waals surface area contributed by atoms with Gasteiger partial charge in [-0.1, -0.05) is 30.3 Å². The summed E-state index contributed by atoms with van der Waals surface area (Å²) in [6.45, 7) is 0. The topological polar surface area (TPSA) is 64.6 Å². The van der Waals surface area contributed by atoms with Gasteiger partial charge in [0.15, 0.2) is 0 Å². The van der Waals surface area contributed by atoms with E-state index in [0.29, 0.717) is 5.56 Å². The van der Waals surface area contributed by atoms with Crippen LogP contribution in [0.5, 0.6) is 0 Å². The summed E-state index contributed by atoms with van der Waals surface area (Å²) in [5, 5.41) is 1.67. The molecule has 1 aromatic rings. The van der Waals surface area contributed by atoms with E-state index in [1.54, 1.807) is 35.6 Å². The zero-order chi connectivity index (χ0) is 16.1. The van der Waals surface area contributed by atoms with Gasteiger partial charge in [-0.25, -0.2) is 0 Å². The number of hydrogen-bond acceptors (Lipinski definition) is 4. The molecule has 0 bridgehead atoms. The molecule has 0 radical (unpaired) electrons. The number of benzene rings is 1. The molecular formula is C12H15F3NO4P. The summed E-state index contributed by atoms with van der Waals surface area (Å²) < 4.78 is 58.7. The predicted molar refractivity (Wildman–Crippen MR) is 69.8 cm³/mol. The molecule has 0 heterocycles. The summed E-state index contributed by atoms with van der Waals surface area (Å²) in [5.41, 5.74) is 0.583. The number of halogens is 3. The van der Waals surface area contributed by atoms with E-state index in [0.717, 1.165) is 14.2 Å². The smallest absolute Gasteiger partial charge is 0.334 e. The Kier molecular flexibility index (Phi) is 5.95. The van der Waals surface area contributed by atoms with Gasteiger partial charge in [0.1, 0.15) is 5.78 Å². The highest BCUT2D eigenvalue weighted by molar-refractivity contribution is 7.54. The van der Waals surface area contributed by atoms with Crippen LogP contribution in [0.25, 0.3) is 0 Å². The first-order valence-corrected chi connectivity index (χ1v) is 7.47. The number of amides is 1. The standard InChI is InChI=1S/C12H15F3NO4P/c1-19-21(18,20-2)10(16-11(17)12(13,14)15)8-9-6-4-3-5-7-9/h3-7,10H,8H2,1-2H3,(H,16,17). The largest absolute Gasteiger partial charge is 0.471 e. The molecule has 0 fully saturated rings. The van der Waals surface area contributed by atoms with Crippen molar-refractivity contribution in [1.82, 2.24) is 5.32 Å². The lowest BCUT2D eigenvalue weighted by molar-refractivity contribution is -0.173. The first-order chi connectivity index (χ1) is 9.73. The number of carbonyl (C=O) groups is 1. The minimum Gasteiger partial charge on any atom is -0.334 e. The van der Waals surface area contributed by atoms with Crippen LogP contribution in [-0.4, -0.2) is 32.1 Å². The molecule has 1 unspecified atom stereocenters. The number of carbonyl (C=O) groups excluding carboxylic acids is 1. The summed E-state index contributed by atoms with van der Waals surface area (Å²) in [7, 11) is -1.82. The third-order valence-electron chi connectivity index (χ3n) is 2.72. The molecule has 0 spiro atoms. The van der Waals surface area contributed by atoms with Crippen LogP contribution < -0.4 is 5.32 Å². The van der Waals surface area contributed by atoms with Crippen LogP contribution in [0.2, 0.25) is 0 Å². The molecule has 1 N–H and O–H groups in total. The summed E-state index contributed by atoms with van der Waals surface area (Å²) >= 11 is 0. The second kappa shape index (κ2) is 7.06. The lowest BCUT2D eigenvalue weighted by Crippen LogP contribution is -2.44. The van der Waals surface area contributed by atoms with Crippen molar-refractivity contribution in [2.75, 3.05) is 14.2 Å². The van der Waals surface area contributed by atoms with Gasteiger partial charge < -0.3 is 14.4 Å². The normalized spacial score (nSPS) is 13.8. The highest BCUT2D eigenvalue weighted by Gasteiger charge is 2.44. The quantitative estimate of drug-likeness (QED) is 0.817. The molecule has 1 atom stereocenters. The Labute approximate surface area is 120 Å². The van der Waals surface area contributed by atoms with Crippen LogP contribution >= 0.6 is 7.60 Å². The van der Waals surface area contributed by atoms with Crippen molar-refractivity contribution < 1.29 is 31.6 Å². The van der Waals surface area contributed by atoms with E-state index in [-0.39, 0.29) is 6.42 Å². The maximum absolute atomic E-state index is 12.4. The molecule has 5 nitrogen and oxygen atoms in total. The lowest BCUT2D eigenvalue weighted by atomic mass is 10.1. The zero-order valence-electron chi connectivity index (χ0n) is 11.4. The van der Waals surface area contributed by atoms with Crippen molar-refractivity contribution in [3.63, 3.8) is 0 Å². The van der Waals surface area contributed by atoms with Crippen LogP contribution in [0.15, 0.2) is 30.3 Å². The second-order valence-electron chi connectivity index (χ2n) is 4.08. The Balaban J connectivity index is 3.01. The Morgan fingerprint density at radius 1 is 1.24 bits per heavy atom. The van der Waals surface area contributed by atoms with Gasteiger partial charge in [-0.3, -0.25) is 9.36 Å². The van der Waals surface area contributed by atoms with Gasteiger partial charge in [-0.15, -0.1) is 0 Å². The first kappa shape index (κ1) is 17.7. The summed E-state index contributed by atoms with van der Waals surface area (Å²) in [6.07, 6.45) is -5.21. The molecule has 1 amide bonds. The van der Waals surface area contributed by atoms with Gasteiger partial charge in [-0.05, 0) is 5.56 Å². The summed E-state index contributed by atoms with van der Waals surface area (Å²) in [6, 6.07) is 8.31. The molecule has 118 valence electrons. The van der Waals surface area contributed by atoms with Crippen LogP contribution in [0.3, 0.4) is 0 Å². The molecule has 0 aliphatic rings. The highest BCUT2D eigenvalue weighted by atomic mass is 31.2. The number of rotatable bonds is 6. The minimum absolute atomic E-state index is 0.123. The van der Waals surface area contributed by atoms with E-state index in [9.17, 15) is 22.5 Å². The van der Waals surface area contributed by atoms with Gasteiger partial charge in [0.25, 0.3) is 0 Å². The first-order valence-electron chi connectivity index (χ1n) is 5.85. The van der Waals surface area contributed by atoms with Crippen LogP contribution in [0.1, 0.15) is 5.56 Å². The van der Waals surface area contributed by atoms with Crippen molar-refractivity contribution in [2.45, 2.75) is 18.4 Å². The Hall–Kier alpha value is -1.37. The third-order valence-corrected chi connectivity index (χ3v) is 4.81. The van der Waals surface area contributed by atoms with Crippen LogP contribution in [0.4, 0.5) is 13.2 Å². The van der Waals surface area contributed by atoms with E-state index >= 15 is 0 Å². The Morgan fingerprint density at radius 3 is 2.19 bits per heavy atom. The van der Waals surface area contributed by atoms with E-state index in [2.05, 4.69) is 9.05 Å². The van der Waals surface area contributed by atoms with Crippen LogP contribution in [0, 0.1) is 0 Å². The number of nitrogens with one attached hydrogen (secondary N) is 1. The van der Waals surface area contributed by atoms with Crippen molar-refractivity contribution in [3.05, 3.63) is 35.9 Å². The van der Waals surface area contributed by atoms with Crippen molar-refractivity contribution in [3.8, 4) is 0 Å². The molecule has 1 aromatic carbocycles. The Morgan fingerprint density at radius 2 is 1.76 bits per heavy atom. The highest BCUT2D eigenvalue weighted by Crippen LogP contribution is 2.51. The SMILES string of the molecule is COP(=O)(OC)C(Cc1ccccc1)NC(=O)C(F)(F)F. The fourth-order valence-corrected chi connectivity index (χ4v) is 3.01. The third kappa shape index (κ3) is 4.84. The summed E-state index contributed by atoms with van der Waals surface area (Å²) in [4.78, 5) is 11.1. The van der Waals surface area contributed by atoms with E-state index < -0.39 is 25.5 Å². The van der Waals surface area contributed by atoms with Crippen molar-refractivity contribution >= 4 is 13.5 Å². The molecular weight excluding hydrogens is 310 g/mol. The van der Waals surface area contributed by atoms with Gasteiger partial charge in [0, 0.05) is 20.6 Å². The second-order valence-corrected chi connectivity index (χ2v) is 6.52. The molecule has 0 aliphatic heterocycles. The summed E-state index contributed by atoms with van der Waals surface area (Å²) in [5.74, 6) is -3.64. The molecule has 21 heavy (non-hydrogen) atoms.